The predicted octanol–water partition coefficient (Wildman–Crippen LogP) is 3.74. The Hall–Kier alpha value is -2.24. The number of likely N-dealkylation sites (tertiary alicyclic amines) is 1. The van der Waals surface area contributed by atoms with Crippen molar-refractivity contribution in [2.45, 2.75) is 58.6 Å². The van der Waals surface area contributed by atoms with E-state index in [1.807, 2.05) is 45.0 Å². The van der Waals surface area contributed by atoms with Gasteiger partial charge in [-0.25, -0.2) is 4.79 Å². The van der Waals surface area contributed by atoms with E-state index in [0.717, 1.165) is 37.1 Å². The van der Waals surface area contributed by atoms with E-state index in [4.69, 9.17) is 9.47 Å². The molecule has 1 unspecified atom stereocenters. The number of carbonyl (C=O) groups excluding carboxylic acids is 2. The van der Waals surface area contributed by atoms with Gasteiger partial charge in [-0.05, 0) is 63.6 Å². The third kappa shape index (κ3) is 7.49. The molecule has 0 aromatic heterocycles. The van der Waals surface area contributed by atoms with Crippen LogP contribution in [0.25, 0.3) is 0 Å². The fourth-order valence-corrected chi connectivity index (χ4v) is 3.16. The van der Waals surface area contributed by atoms with Gasteiger partial charge in [0.05, 0.1) is 7.11 Å². The summed E-state index contributed by atoms with van der Waals surface area (Å²) in [7, 11) is 1.63. The third-order valence-corrected chi connectivity index (χ3v) is 4.60. The molecule has 6 heteroatoms. The van der Waals surface area contributed by atoms with Gasteiger partial charge in [0.2, 0.25) is 5.91 Å². The Morgan fingerprint density at radius 3 is 2.56 bits per heavy atom. The molecular weight excluding hydrogens is 344 g/mol. The van der Waals surface area contributed by atoms with E-state index >= 15 is 0 Å². The van der Waals surface area contributed by atoms with Crippen LogP contribution in [0.3, 0.4) is 0 Å². The summed E-state index contributed by atoms with van der Waals surface area (Å²) in [6.07, 6.45) is 3.01. The van der Waals surface area contributed by atoms with Crippen molar-refractivity contribution in [1.29, 1.82) is 0 Å². The van der Waals surface area contributed by atoms with E-state index < -0.39 is 5.60 Å². The largest absolute Gasteiger partial charge is 0.497 e. The second-order valence-electron chi connectivity index (χ2n) is 8.10. The Labute approximate surface area is 162 Å². The minimum atomic E-state index is -0.481. The number of amides is 2. The van der Waals surface area contributed by atoms with E-state index in [9.17, 15) is 9.59 Å². The van der Waals surface area contributed by atoms with Crippen molar-refractivity contribution in [2.75, 3.05) is 20.2 Å². The maximum Gasteiger partial charge on any atom is 0.410 e. The maximum atomic E-state index is 12.2. The van der Waals surface area contributed by atoms with Crippen molar-refractivity contribution in [3.63, 3.8) is 0 Å². The van der Waals surface area contributed by atoms with Gasteiger partial charge in [0.15, 0.2) is 0 Å². The second kappa shape index (κ2) is 9.62. The Kier molecular flexibility index (Phi) is 7.51. The van der Waals surface area contributed by atoms with Crippen LogP contribution < -0.4 is 10.1 Å². The van der Waals surface area contributed by atoms with Gasteiger partial charge >= 0.3 is 6.09 Å². The number of hydrogen-bond donors (Lipinski definition) is 1. The van der Waals surface area contributed by atoms with Crippen LogP contribution in [-0.4, -0.2) is 42.7 Å². The maximum absolute atomic E-state index is 12.2. The van der Waals surface area contributed by atoms with Gasteiger partial charge in [-0.1, -0.05) is 12.1 Å². The number of benzene rings is 1. The molecule has 1 fully saturated rings. The summed E-state index contributed by atoms with van der Waals surface area (Å²) in [6, 6.07) is 7.65. The first-order valence-corrected chi connectivity index (χ1v) is 9.64. The van der Waals surface area contributed by atoms with Crippen LogP contribution in [-0.2, 0) is 16.1 Å². The molecule has 1 aromatic carbocycles. The number of carbonyl (C=O) groups is 2. The van der Waals surface area contributed by atoms with Crippen molar-refractivity contribution in [2.24, 2.45) is 5.92 Å². The van der Waals surface area contributed by atoms with Crippen LogP contribution >= 0.6 is 0 Å². The molecule has 150 valence electrons. The van der Waals surface area contributed by atoms with Crippen LogP contribution in [0.5, 0.6) is 5.75 Å². The van der Waals surface area contributed by atoms with E-state index in [2.05, 4.69) is 5.32 Å². The molecule has 2 rings (SSSR count). The van der Waals surface area contributed by atoms with Crippen molar-refractivity contribution >= 4 is 12.0 Å². The molecule has 0 radical (unpaired) electrons. The van der Waals surface area contributed by atoms with Gasteiger partial charge in [-0.2, -0.15) is 0 Å². The van der Waals surface area contributed by atoms with Gasteiger partial charge in [0.1, 0.15) is 11.4 Å². The summed E-state index contributed by atoms with van der Waals surface area (Å²) in [5, 5.41) is 2.96. The van der Waals surface area contributed by atoms with Gasteiger partial charge in [0, 0.05) is 26.1 Å². The van der Waals surface area contributed by atoms with Crippen LogP contribution in [0.1, 0.15) is 52.0 Å². The monoisotopic (exact) mass is 376 g/mol. The van der Waals surface area contributed by atoms with Gasteiger partial charge in [0.25, 0.3) is 0 Å². The summed E-state index contributed by atoms with van der Waals surface area (Å²) < 4.78 is 10.6. The summed E-state index contributed by atoms with van der Waals surface area (Å²) in [5.41, 5.74) is 0.559. The Morgan fingerprint density at radius 1 is 1.22 bits per heavy atom. The highest BCUT2D eigenvalue weighted by Crippen LogP contribution is 2.23. The summed E-state index contributed by atoms with van der Waals surface area (Å²) in [4.78, 5) is 26.1. The number of methoxy groups -OCH3 is 1. The summed E-state index contributed by atoms with van der Waals surface area (Å²) in [6.45, 7) is 7.53. The average Bonchev–Trinajstić information content (AvgIpc) is 2.64. The first kappa shape index (κ1) is 21.1. The quantitative estimate of drug-likeness (QED) is 0.821. The lowest BCUT2D eigenvalue weighted by Crippen LogP contribution is -2.43. The molecule has 6 nitrogen and oxygen atoms in total. The number of rotatable bonds is 6. The van der Waals surface area contributed by atoms with Gasteiger partial charge in [-0.15, -0.1) is 0 Å². The molecular formula is C21H32N2O4. The first-order chi connectivity index (χ1) is 12.8. The lowest BCUT2D eigenvalue weighted by atomic mass is 9.93. The zero-order valence-electron chi connectivity index (χ0n) is 16.9. The van der Waals surface area contributed by atoms with E-state index in [0.29, 0.717) is 25.4 Å². The number of hydrogen-bond acceptors (Lipinski definition) is 4. The topological polar surface area (TPSA) is 67.9 Å². The molecule has 2 amide bonds. The fraction of sp³-hybridized carbons (Fsp3) is 0.619. The lowest BCUT2D eigenvalue weighted by Gasteiger charge is -2.34. The minimum absolute atomic E-state index is 0.0419. The molecule has 1 N–H and O–H groups in total. The standard InChI is InChI=1S/C21H32N2O4/c1-21(2,3)27-20(25)23-13-5-6-17(15-23)9-12-19(24)22-14-16-7-10-18(26-4)11-8-16/h7-8,10-11,17H,5-6,9,12-15H2,1-4H3,(H,22,24). The lowest BCUT2D eigenvalue weighted by molar-refractivity contribution is -0.121. The Morgan fingerprint density at radius 2 is 1.93 bits per heavy atom. The molecule has 1 atom stereocenters. The smallest absolute Gasteiger partial charge is 0.410 e. The highest BCUT2D eigenvalue weighted by molar-refractivity contribution is 5.75. The summed E-state index contributed by atoms with van der Waals surface area (Å²) >= 11 is 0. The van der Waals surface area contributed by atoms with Crippen LogP contribution in [0.2, 0.25) is 0 Å². The number of piperidine rings is 1. The second-order valence-corrected chi connectivity index (χ2v) is 8.10. The Bertz CT molecular complexity index is 622. The minimum Gasteiger partial charge on any atom is -0.497 e. The van der Waals surface area contributed by atoms with Crippen molar-refractivity contribution in [3.05, 3.63) is 29.8 Å². The highest BCUT2D eigenvalue weighted by Gasteiger charge is 2.27. The van der Waals surface area contributed by atoms with Crippen LogP contribution in [0, 0.1) is 5.92 Å². The molecule has 27 heavy (non-hydrogen) atoms. The SMILES string of the molecule is COc1ccc(CNC(=O)CCC2CCCN(C(=O)OC(C)(C)C)C2)cc1. The molecule has 0 aliphatic carbocycles. The zero-order chi connectivity index (χ0) is 19.9. The Balaban J connectivity index is 1.71. The zero-order valence-corrected chi connectivity index (χ0v) is 16.9. The highest BCUT2D eigenvalue weighted by atomic mass is 16.6. The average molecular weight is 376 g/mol. The first-order valence-electron chi connectivity index (χ1n) is 9.64. The molecule has 0 bridgehead atoms. The van der Waals surface area contributed by atoms with Gasteiger partial charge < -0.3 is 19.7 Å². The van der Waals surface area contributed by atoms with Crippen LogP contribution in [0.4, 0.5) is 4.79 Å². The van der Waals surface area contributed by atoms with Crippen LogP contribution in [0.15, 0.2) is 24.3 Å². The van der Waals surface area contributed by atoms with E-state index in [-0.39, 0.29) is 12.0 Å². The molecule has 1 aromatic rings. The van der Waals surface area contributed by atoms with Crippen molar-refractivity contribution in [3.8, 4) is 5.75 Å². The van der Waals surface area contributed by atoms with Crippen molar-refractivity contribution in [1.82, 2.24) is 10.2 Å². The van der Waals surface area contributed by atoms with E-state index in [1.54, 1.807) is 12.0 Å². The summed E-state index contributed by atoms with van der Waals surface area (Å²) in [5.74, 6) is 1.19. The van der Waals surface area contributed by atoms with Gasteiger partial charge in [-0.3, -0.25) is 4.79 Å². The number of nitrogens with one attached hydrogen (secondary N) is 1. The number of ether oxygens (including phenoxy) is 2. The van der Waals surface area contributed by atoms with Crippen molar-refractivity contribution < 1.29 is 19.1 Å². The normalized spacial score (nSPS) is 17.3. The number of nitrogens with zero attached hydrogens (tertiary/aromatic N) is 1. The molecule has 1 aliphatic heterocycles. The molecule has 1 saturated heterocycles. The fourth-order valence-electron chi connectivity index (χ4n) is 3.16. The molecule has 0 saturated carbocycles. The molecule has 0 spiro atoms. The third-order valence-electron chi connectivity index (χ3n) is 4.60. The van der Waals surface area contributed by atoms with E-state index in [1.165, 1.54) is 0 Å². The molecule has 1 aliphatic rings. The predicted molar refractivity (Wildman–Crippen MR) is 105 cm³/mol. The molecule has 1 heterocycles.